The van der Waals surface area contributed by atoms with E-state index in [4.69, 9.17) is 20.2 Å². The molecular weight excluding hydrogens is 374 g/mol. The smallest absolute Gasteiger partial charge is 0.350 e. The average molecular weight is 398 g/mol. The van der Waals surface area contributed by atoms with E-state index in [2.05, 4.69) is 11.9 Å². The number of fused-ring (bicyclic) bond motifs is 2. The summed E-state index contributed by atoms with van der Waals surface area (Å²) in [5.74, 6) is 0.384. The van der Waals surface area contributed by atoms with Gasteiger partial charge in [0.2, 0.25) is 0 Å². The summed E-state index contributed by atoms with van der Waals surface area (Å²) in [4.78, 5) is 20.8. The first-order valence-electron chi connectivity index (χ1n) is 9.27. The van der Waals surface area contributed by atoms with Gasteiger partial charge in [-0.2, -0.15) is 0 Å². The molecule has 7 heteroatoms. The van der Waals surface area contributed by atoms with Crippen molar-refractivity contribution in [3.63, 3.8) is 0 Å². The Labute approximate surface area is 167 Å². The van der Waals surface area contributed by atoms with Crippen LogP contribution < -0.4 is 10.5 Å². The number of aromatic nitrogens is 1. The van der Waals surface area contributed by atoms with Crippen LogP contribution in [0.2, 0.25) is 0 Å². The highest BCUT2D eigenvalue weighted by Crippen LogP contribution is 2.44. The number of esters is 1. The summed E-state index contributed by atoms with van der Waals surface area (Å²) in [6, 6.07) is 7.94. The van der Waals surface area contributed by atoms with E-state index in [9.17, 15) is 4.79 Å². The van der Waals surface area contributed by atoms with Gasteiger partial charge in [0.25, 0.3) is 0 Å². The van der Waals surface area contributed by atoms with E-state index in [1.54, 1.807) is 14.0 Å². The fourth-order valence-corrected chi connectivity index (χ4v) is 4.72. The topological polar surface area (TPSA) is 77.7 Å². The Balaban J connectivity index is 2.03. The number of carbonyl (C=O) groups is 1. The highest BCUT2D eigenvalue weighted by atomic mass is 32.1. The minimum absolute atomic E-state index is 0.310. The van der Waals surface area contributed by atoms with E-state index in [-0.39, 0.29) is 0 Å². The van der Waals surface area contributed by atoms with Crippen molar-refractivity contribution < 1.29 is 14.3 Å². The molecule has 0 unspecified atom stereocenters. The molecule has 1 aliphatic heterocycles. The summed E-state index contributed by atoms with van der Waals surface area (Å²) in [6.45, 7) is 3.84. The summed E-state index contributed by atoms with van der Waals surface area (Å²) < 4.78 is 10.6. The lowest BCUT2D eigenvalue weighted by molar-refractivity contribution is 0.0533. The Morgan fingerprint density at radius 2 is 2.21 bits per heavy atom. The zero-order valence-corrected chi connectivity index (χ0v) is 17.1. The van der Waals surface area contributed by atoms with Crippen molar-refractivity contribution >= 4 is 33.2 Å². The van der Waals surface area contributed by atoms with Crippen molar-refractivity contribution in [2.24, 2.45) is 0 Å². The number of nitrogen functional groups attached to an aromatic ring is 1. The van der Waals surface area contributed by atoms with Gasteiger partial charge in [0, 0.05) is 36.2 Å². The quantitative estimate of drug-likeness (QED) is 0.676. The van der Waals surface area contributed by atoms with Crippen LogP contribution in [0.1, 0.15) is 27.9 Å². The zero-order chi connectivity index (χ0) is 19.8. The standard InChI is InChI=1S/C21H23N3O3S/c1-4-27-21(25)19-18(22)17-16(12-6-5-7-13(10-12)26-3)14-11-24(2)9-8-15(14)23-20(17)28-19/h5-7,10H,4,8-9,11,22H2,1-3H3. The van der Waals surface area contributed by atoms with Crippen LogP contribution in [0.25, 0.3) is 21.3 Å². The van der Waals surface area contributed by atoms with Crippen molar-refractivity contribution in [3.8, 4) is 16.9 Å². The molecule has 2 aromatic heterocycles. The molecule has 146 valence electrons. The largest absolute Gasteiger partial charge is 0.497 e. The van der Waals surface area contributed by atoms with Gasteiger partial charge in [-0.3, -0.25) is 0 Å². The maximum atomic E-state index is 12.4. The number of hydrogen-bond acceptors (Lipinski definition) is 7. The summed E-state index contributed by atoms with van der Waals surface area (Å²) in [5, 5.41) is 0.829. The van der Waals surface area contributed by atoms with Crippen molar-refractivity contribution in [1.29, 1.82) is 0 Å². The fraction of sp³-hybridized carbons (Fsp3) is 0.333. The zero-order valence-electron chi connectivity index (χ0n) is 16.2. The van der Waals surface area contributed by atoms with Crippen LogP contribution in [0.3, 0.4) is 0 Å². The molecule has 0 radical (unpaired) electrons. The molecular formula is C21H23N3O3S. The number of carbonyl (C=O) groups excluding carboxylic acids is 1. The molecule has 0 saturated heterocycles. The molecule has 1 aliphatic rings. The highest BCUT2D eigenvalue weighted by molar-refractivity contribution is 7.21. The van der Waals surface area contributed by atoms with E-state index in [0.29, 0.717) is 17.2 Å². The van der Waals surface area contributed by atoms with Gasteiger partial charge >= 0.3 is 5.97 Å². The Morgan fingerprint density at radius 3 is 2.96 bits per heavy atom. The third-order valence-electron chi connectivity index (χ3n) is 5.04. The molecule has 0 aliphatic carbocycles. The van der Waals surface area contributed by atoms with Crippen LogP contribution in [0.15, 0.2) is 24.3 Å². The van der Waals surface area contributed by atoms with E-state index in [1.807, 2.05) is 24.3 Å². The van der Waals surface area contributed by atoms with Crippen LogP contribution in [0.5, 0.6) is 5.75 Å². The summed E-state index contributed by atoms with van der Waals surface area (Å²) in [5.41, 5.74) is 11.2. The molecule has 3 aromatic rings. The number of methoxy groups -OCH3 is 1. The van der Waals surface area contributed by atoms with E-state index < -0.39 is 5.97 Å². The van der Waals surface area contributed by atoms with E-state index in [0.717, 1.165) is 57.9 Å². The van der Waals surface area contributed by atoms with Gasteiger partial charge in [0.05, 0.1) is 19.4 Å². The summed E-state index contributed by atoms with van der Waals surface area (Å²) in [7, 11) is 3.76. The fourth-order valence-electron chi connectivity index (χ4n) is 3.71. The minimum Gasteiger partial charge on any atom is -0.497 e. The van der Waals surface area contributed by atoms with Gasteiger partial charge in [0.15, 0.2) is 0 Å². The third kappa shape index (κ3) is 3.10. The Kier molecular flexibility index (Phi) is 4.95. The molecule has 0 spiro atoms. The molecule has 0 amide bonds. The number of anilines is 1. The van der Waals surface area contributed by atoms with Crippen LogP contribution in [-0.2, 0) is 17.7 Å². The second-order valence-electron chi connectivity index (χ2n) is 6.88. The molecule has 3 heterocycles. The van der Waals surface area contributed by atoms with Crippen molar-refractivity contribution in [3.05, 3.63) is 40.4 Å². The Bertz CT molecular complexity index is 1060. The van der Waals surface area contributed by atoms with Crippen molar-refractivity contribution in [1.82, 2.24) is 9.88 Å². The number of thiophene rings is 1. The first kappa shape index (κ1) is 18.7. The molecule has 28 heavy (non-hydrogen) atoms. The predicted molar refractivity (Wildman–Crippen MR) is 112 cm³/mol. The maximum Gasteiger partial charge on any atom is 0.350 e. The van der Waals surface area contributed by atoms with Crippen molar-refractivity contribution in [2.45, 2.75) is 19.9 Å². The van der Waals surface area contributed by atoms with E-state index >= 15 is 0 Å². The maximum absolute atomic E-state index is 12.4. The van der Waals surface area contributed by atoms with Crippen LogP contribution >= 0.6 is 11.3 Å². The Hall–Kier alpha value is -2.64. The third-order valence-corrected chi connectivity index (χ3v) is 6.12. The highest BCUT2D eigenvalue weighted by Gasteiger charge is 2.27. The normalized spacial score (nSPS) is 14.1. The lowest BCUT2D eigenvalue weighted by Gasteiger charge is -2.27. The molecule has 0 atom stereocenters. The lowest BCUT2D eigenvalue weighted by atomic mass is 9.92. The van der Waals surface area contributed by atoms with Crippen LogP contribution in [-0.4, -0.2) is 43.2 Å². The summed E-state index contributed by atoms with van der Waals surface area (Å²) >= 11 is 1.31. The minimum atomic E-state index is -0.394. The van der Waals surface area contributed by atoms with Gasteiger partial charge in [-0.15, -0.1) is 11.3 Å². The lowest BCUT2D eigenvalue weighted by Crippen LogP contribution is -2.27. The monoisotopic (exact) mass is 397 g/mol. The van der Waals surface area contributed by atoms with Crippen molar-refractivity contribution in [2.75, 3.05) is 33.0 Å². The number of benzene rings is 1. The first-order valence-corrected chi connectivity index (χ1v) is 10.1. The second kappa shape index (κ2) is 7.41. The molecule has 4 rings (SSSR count). The number of nitrogens with zero attached hydrogens (tertiary/aromatic N) is 2. The SMILES string of the molecule is CCOC(=O)c1sc2nc3c(c(-c4cccc(OC)c4)c2c1N)CN(C)CC3. The number of likely N-dealkylation sites (N-methyl/N-ethyl adjacent to an activating group) is 1. The van der Waals surface area contributed by atoms with E-state index in [1.165, 1.54) is 11.3 Å². The first-order chi connectivity index (χ1) is 13.5. The second-order valence-corrected chi connectivity index (χ2v) is 7.88. The number of hydrogen-bond donors (Lipinski definition) is 1. The summed E-state index contributed by atoms with van der Waals surface area (Å²) in [6.07, 6.45) is 0.866. The van der Waals surface area contributed by atoms with Crippen LogP contribution in [0, 0.1) is 0 Å². The molecule has 0 fully saturated rings. The molecule has 2 N–H and O–H groups in total. The van der Waals surface area contributed by atoms with Crippen LogP contribution in [0.4, 0.5) is 5.69 Å². The number of pyridine rings is 1. The number of ether oxygens (including phenoxy) is 2. The molecule has 0 bridgehead atoms. The number of rotatable bonds is 4. The molecule has 1 aromatic carbocycles. The van der Waals surface area contributed by atoms with Gasteiger partial charge in [0.1, 0.15) is 15.5 Å². The Morgan fingerprint density at radius 1 is 1.39 bits per heavy atom. The number of nitrogens with two attached hydrogens (primary N) is 1. The molecule has 0 saturated carbocycles. The van der Waals surface area contributed by atoms with Gasteiger partial charge < -0.3 is 20.1 Å². The predicted octanol–water partition coefficient (Wildman–Crippen LogP) is 3.72. The van der Waals surface area contributed by atoms with Gasteiger partial charge in [-0.05, 0) is 37.2 Å². The van der Waals surface area contributed by atoms with Gasteiger partial charge in [-0.1, -0.05) is 12.1 Å². The van der Waals surface area contributed by atoms with Gasteiger partial charge in [-0.25, -0.2) is 9.78 Å². The average Bonchev–Trinajstić information content (AvgIpc) is 3.03. The molecule has 6 nitrogen and oxygen atoms in total.